The zero-order valence-corrected chi connectivity index (χ0v) is 6.39. The van der Waals surface area contributed by atoms with Gasteiger partial charge in [-0.05, 0) is 18.9 Å². The van der Waals surface area contributed by atoms with Gasteiger partial charge in [-0.25, -0.2) is 0 Å². The third-order valence-electron chi connectivity index (χ3n) is 1.68. The fraction of sp³-hybridized carbons (Fsp3) is 0.333. The lowest BCUT2D eigenvalue weighted by molar-refractivity contribution is 0.410. The Balaban J connectivity index is 2.92. The Bertz CT molecular complexity index is 215. The lowest BCUT2D eigenvalue weighted by atomic mass is 10.1. The van der Waals surface area contributed by atoms with Crippen molar-refractivity contribution >= 4 is 0 Å². The number of hydrogen-bond acceptors (Lipinski definition) is 1. The standard InChI is InChI=1S/C9H12O/c1-3-8-5-4-6-9(8)7(2)10/h4-6,10H,3H2,1-2H3/b9-7+. The van der Waals surface area contributed by atoms with Crippen LogP contribution in [-0.2, 0) is 0 Å². The molecule has 0 atom stereocenters. The van der Waals surface area contributed by atoms with E-state index in [4.69, 9.17) is 5.11 Å². The minimum absolute atomic E-state index is 0.418. The Hall–Kier alpha value is -0.980. The van der Waals surface area contributed by atoms with E-state index in [0.717, 1.165) is 12.0 Å². The number of rotatable bonds is 1. The molecule has 0 fully saturated rings. The molecule has 1 heteroatoms. The number of aliphatic hydroxyl groups is 1. The van der Waals surface area contributed by atoms with Gasteiger partial charge < -0.3 is 5.11 Å². The molecule has 0 aromatic heterocycles. The van der Waals surface area contributed by atoms with Crippen LogP contribution in [0.15, 0.2) is 35.1 Å². The summed E-state index contributed by atoms with van der Waals surface area (Å²) >= 11 is 0. The average molecular weight is 136 g/mol. The summed E-state index contributed by atoms with van der Waals surface area (Å²) in [6.45, 7) is 3.80. The quantitative estimate of drug-likeness (QED) is 0.549. The molecule has 0 aliphatic heterocycles. The van der Waals surface area contributed by atoms with Crippen molar-refractivity contribution in [1.29, 1.82) is 0 Å². The van der Waals surface area contributed by atoms with Crippen LogP contribution in [0.3, 0.4) is 0 Å². The summed E-state index contributed by atoms with van der Waals surface area (Å²) in [4.78, 5) is 0. The SMILES string of the molecule is CCC1=CC=C/C1=C(/C)O. The summed E-state index contributed by atoms with van der Waals surface area (Å²) in [5, 5.41) is 9.14. The van der Waals surface area contributed by atoms with E-state index in [9.17, 15) is 0 Å². The van der Waals surface area contributed by atoms with Crippen molar-refractivity contribution in [2.45, 2.75) is 20.3 Å². The van der Waals surface area contributed by atoms with Gasteiger partial charge in [0.15, 0.2) is 0 Å². The van der Waals surface area contributed by atoms with Crippen LogP contribution in [0.1, 0.15) is 20.3 Å². The van der Waals surface area contributed by atoms with Gasteiger partial charge >= 0.3 is 0 Å². The topological polar surface area (TPSA) is 20.2 Å². The minimum Gasteiger partial charge on any atom is -0.512 e. The molecule has 1 aliphatic carbocycles. The predicted molar refractivity (Wildman–Crippen MR) is 42.8 cm³/mol. The van der Waals surface area contributed by atoms with Crippen LogP contribution in [0.4, 0.5) is 0 Å². The van der Waals surface area contributed by atoms with Crippen molar-refractivity contribution in [3.63, 3.8) is 0 Å². The molecule has 1 N–H and O–H groups in total. The molecule has 0 unspecified atom stereocenters. The van der Waals surface area contributed by atoms with Gasteiger partial charge in [0.1, 0.15) is 0 Å². The zero-order chi connectivity index (χ0) is 7.56. The number of allylic oxidation sites excluding steroid dienone is 6. The Morgan fingerprint density at radius 3 is 2.70 bits per heavy atom. The summed E-state index contributed by atoms with van der Waals surface area (Å²) < 4.78 is 0. The highest BCUT2D eigenvalue weighted by Gasteiger charge is 2.06. The highest BCUT2D eigenvalue weighted by Crippen LogP contribution is 2.22. The molecule has 0 heterocycles. The van der Waals surface area contributed by atoms with Crippen LogP contribution >= 0.6 is 0 Å². The summed E-state index contributed by atoms with van der Waals surface area (Å²) in [6, 6.07) is 0. The summed E-state index contributed by atoms with van der Waals surface area (Å²) in [5.74, 6) is 0.418. The molecular weight excluding hydrogens is 124 g/mol. The van der Waals surface area contributed by atoms with E-state index < -0.39 is 0 Å². The van der Waals surface area contributed by atoms with Crippen molar-refractivity contribution in [1.82, 2.24) is 0 Å². The van der Waals surface area contributed by atoms with Crippen LogP contribution in [0.5, 0.6) is 0 Å². The molecular formula is C9H12O. The Labute approximate surface area is 61.4 Å². The van der Waals surface area contributed by atoms with E-state index in [0.29, 0.717) is 5.76 Å². The summed E-state index contributed by atoms with van der Waals surface area (Å²) in [6.07, 6.45) is 6.93. The van der Waals surface area contributed by atoms with Crippen LogP contribution in [0, 0.1) is 0 Å². The molecule has 1 rings (SSSR count). The number of hydrogen-bond donors (Lipinski definition) is 1. The van der Waals surface area contributed by atoms with Gasteiger partial charge in [0.05, 0.1) is 5.76 Å². The smallest absolute Gasteiger partial charge is 0.0966 e. The molecule has 54 valence electrons. The van der Waals surface area contributed by atoms with Crippen molar-refractivity contribution in [2.24, 2.45) is 0 Å². The third-order valence-corrected chi connectivity index (χ3v) is 1.68. The van der Waals surface area contributed by atoms with Crippen LogP contribution in [0.25, 0.3) is 0 Å². The summed E-state index contributed by atoms with van der Waals surface area (Å²) in [7, 11) is 0. The first-order chi connectivity index (χ1) is 4.75. The van der Waals surface area contributed by atoms with Gasteiger partial charge in [-0.15, -0.1) is 0 Å². The fourth-order valence-corrected chi connectivity index (χ4v) is 1.12. The van der Waals surface area contributed by atoms with E-state index in [2.05, 4.69) is 6.92 Å². The van der Waals surface area contributed by atoms with E-state index in [1.54, 1.807) is 6.92 Å². The number of aliphatic hydroxyl groups excluding tert-OH is 1. The zero-order valence-electron chi connectivity index (χ0n) is 6.39. The molecule has 0 spiro atoms. The molecule has 0 radical (unpaired) electrons. The van der Waals surface area contributed by atoms with Crippen LogP contribution in [0.2, 0.25) is 0 Å². The van der Waals surface area contributed by atoms with Crippen molar-refractivity contribution < 1.29 is 5.11 Å². The Kier molecular flexibility index (Phi) is 1.95. The van der Waals surface area contributed by atoms with Gasteiger partial charge in [0, 0.05) is 5.57 Å². The van der Waals surface area contributed by atoms with Gasteiger partial charge in [-0.2, -0.15) is 0 Å². The van der Waals surface area contributed by atoms with E-state index >= 15 is 0 Å². The Morgan fingerprint density at radius 2 is 2.30 bits per heavy atom. The van der Waals surface area contributed by atoms with Crippen molar-refractivity contribution in [2.75, 3.05) is 0 Å². The lowest BCUT2D eigenvalue weighted by Gasteiger charge is -2.00. The monoisotopic (exact) mass is 136 g/mol. The average Bonchev–Trinajstić information content (AvgIpc) is 2.33. The van der Waals surface area contributed by atoms with Gasteiger partial charge in [0.2, 0.25) is 0 Å². The van der Waals surface area contributed by atoms with Crippen molar-refractivity contribution in [3.05, 3.63) is 35.1 Å². The van der Waals surface area contributed by atoms with Crippen LogP contribution < -0.4 is 0 Å². The minimum atomic E-state index is 0.418. The van der Waals surface area contributed by atoms with Gasteiger partial charge in [-0.1, -0.05) is 25.2 Å². The second-order valence-electron chi connectivity index (χ2n) is 2.40. The molecule has 0 saturated heterocycles. The van der Waals surface area contributed by atoms with Gasteiger partial charge in [-0.3, -0.25) is 0 Å². The first-order valence-electron chi connectivity index (χ1n) is 3.53. The van der Waals surface area contributed by atoms with Gasteiger partial charge in [0.25, 0.3) is 0 Å². The maximum atomic E-state index is 9.14. The van der Waals surface area contributed by atoms with E-state index in [1.165, 1.54) is 5.57 Å². The highest BCUT2D eigenvalue weighted by molar-refractivity contribution is 5.48. The maximum Gasteiger partial charge on any atom is 0.0966 e. The first kappa shape index (κ1) is 7.13. The molecule has 0 aromatic carbocycles. The molecule has 10 heavy (non-hydrogen) atoms. The fourth-order valence-electron chi connectivity index (χ4n) is 1.12. The van der Waals surface area contributed by atoms with E-state index in [1.807, 2.05) is 18.2 Å². The summed E-state index contributed by atoms with van der Waals surface area (Å²) in [5.41, 5.74) is 2.21. The molecule has 0 aromatic rings. The third kappa shape index (κ3) is 1.13. The molecule has 1 nitrogen and oxygen atoms in total. The van der Waals surface area contributed by atoms with Crippen molar-refractivity contribution in [3.8, 4) is 0 Å². The second kappa shape index (κ2) is 2.74. The maximum absolute atomic E-state index is 9.14. The largest absolute Gasteiger partial charge is 0.512 e. The normalized spacial score (nSPS) is 21.2. The molecule has 0 amide bonds. The Morgan fingerprint density at radius 1 is 1.60 bits per heavy atom. The second-order valence-corrected chi connectivity index (χ2v) is 2.40. The molecule has 1 aliphatic rings. The molecule has 0 bridgehead atoms. The predicted octanol–water partition coefficient (Wildman–Crippen LogP) is 2.72. The van der Waals surface area contributed by atoms with Crippen LogP contribution in [-0.4, -0.2) is 5.11 Å². The van der Waals surface area contributed by atoms with E-state index in [-0.39, 0.29) is 0 Å². The highest BCUT2D eigenvalue weighted by atomic mass is 16.3. The lowest BCUT2D eigenvalue weighted by Crippen LogP contribution is -1.85. The first-order valence-corrected chi connectivity index (χ1v) is 3.53. The molecule has 0 saturated carbocycles.